The summed E-state index contributed by atoms with van der Waals surface area (Å²) in [6.07, 6.45) is 2.69. The van der Waals surface area contributed by atoms with Crippen LogP contribution in [0.2, 0.25) is 0 Å². The highest BCUT2D eigenvalue weighted by atomic mass is 16.5. The Labute approximate surface area is 172 Å². The highest BCUT2D eigenvalue weighted by Crippen LogP contribution is 2.29. The van der Waals surface area contributed by atoms with Gasteiger partial charge in [0.15, 0.2) is 6.61 Å². The first-order valence-electron chi connectivity index (χ1n) is 9.79. The van der Waals surface area contributed by atoms with E-state index in [1.807, 2.05) is 24.3 Å². The van der Waals surface area contributed by atoms with Crippen molar-refractivity contribution < 1.29 is 23.8 Å². The van der Waals surface area contributed by atoms with Crippen molar-refractivity contribution in [1.82, 2.24) is 5.32 Å². The van der Waals surface area contributed by atoms with Crippen molar-refractivity contribution in [3.05, 3.63) is 75.6 Å². The van der Waals surface area contributed by atoms with Gasteiger partial charge in [-0.05, 0) is 42.5 Å². The van der Waals surface area contributed by atoms with Gasteiger partial charge in [0.25, 0.3) is 5.91 Å². The molecular weight excluding hydrogens is 386 g/mol. The molecule has 0 spiro atoms. The average Bonchev–Trinajstić information content (AvgIpc) is 3.23. The van der Waals surface area contributed by atoms with Crippen LogP contribution in [0.1, 0.15) is 23.1 Å². The fraction of sp³-hybridized carbons (Fsp3) is 0.261. The molecule has 1 aromatic heterocycles. The maximum atomic E-state index is 12.2. The molecule has 7 heteroatoms. The summed E-state index contributed by atoms with van der Waals surface area (Å²) in [5.41, 5.74) is 2.67. The first kappa shape index (κ1) is 19.7. The van der Waals surface area contributed by atoms with Gasteiger partial charge in [-0.15, -0.1) is 0 Å². The normalized spacial score (nSPS) is 13.6. The van der Waals surface area contributed by atoms with Crippen molar-refractivity contribution in [2.24, 2.45) is 0 Å². The Morgan fingerprint density at radius 3 is 2.63 bits per heavy atom. The van der Waals surface area contributed by atoms with Gasteiger partial charge < -0.3 is 19.6 Å². The molecule has 0 saturated carbocycles. The predicted octanol–water partition coefficient (Wildman–Crippen LogP) is 2.47. The number of carbonyl (C=O) groups excluding carboxylic acids is 1. The molecule has 1 heterocycles. The van der Waals surface area contributed by atoms with Crippen molar-refractivity contribution >= 4 is 22.8 Å². The minimum atomic E-state index is -1.12. The highest BCUT2D eigenvalue weighted by Gasteiger charge is 2.22. The summed E-state index contributed by atoms with van der Waals surface area (Å²) in [6.45, 7) is -0.348. The van der Waals surface area contributed by atoms with E-state index < -0.39 is 17.9 Å². The molecule has 2 N–H and O–H groups in total. The Kier molecular flexibility index (Phi) is 5.52. The molecule has 0 aliphatic heterocycles. The van der Waals surface area contributed by atoms with E-state index in [0.29, 0.717) is 11.3 Å². The summed E-state index contributed by atoms with van der Waals surface area (Å²) < 4.78 is 10.9. The summed E-state index contributed by atoms with van der Waals surface area (Å²) in [7, 11) is 0. The lowest BCUT2D eigenvalue weighted by Gasteiger charge is -2.15. The molecule has 1 aliphatic carbocycles. The van der Waals surface area contributed by atoms with Crippen molar-refractivity contribution in [3.8, 4) is 5.75 Å². The van der Waals surface area contributed by atoms with E-state index >= 15 is 0 Å². The van der Waals surface area contributed by atoms with Crippen LogP contribution in [-0.4, -0.2) is 29.6 Å². The molecular formula is C23H21NO6. The van der Waals surface area contributed by atoms with E-state index in [1.165, 1.54) is 0 Å². The summed E-state index contributed by atoms with van der Waals surface area (Å²) >= 11 is 0. The molecule has 0 fully saturated rings. The van der Waals surface area contributed by atoms with Gasteiger partial charge in [0, 0.05) is 23.4 Å². The number of benzene rings is 2. The maximum Gasteiger partial charge on any atom is 0.339 e. The quantitative estimate of drug-likeness (QED) is 0.583. The summed E-state index contributed by atoms with van der Waals surface area (Å²) in [5, 5.41) is 12.8. The van der Waals surface area contributed by atoms with E-state index in [2.05, 4.69) is 5.32 Å². The lowest BCUT2D eigenvalue weighted by atomic mass is 10.1. The first-order valence-corrected chi connectivity index (χ1v) is 9.79. The maximum absolute atomic E-state index is 12.2. The number of carboxylic acids is 1. The van der Waals surface area contributed by atoms with Crippen molar-refractivity contribution in [2.75, 3.05) is 6.61 Å². The van der Waals surface area contributed by atoms with Crippen LogP contribution in [-0.2, 0) is 28.9 Å². The van der Waals surface area contributed by atoms with Gasteiger partial charge in [0.05, 0.1) is 0 Å². The van der Waals surface area contributed by atoms with Gasteiger partial charge in [0.2, 0.25) is 0 Å². The van der Waals surface area contributed by atoms with Crippen LogP contribution >= 0.6 is 0 Å². The van der Waals surface area contributed by atoms with Crippen LogP contribution in [0.15, 0.2) is 57.7 Å². The van der Waals surface area contributed by atoms with E-state index in [4.69, 9.17) is 9.15 Å². The van der Waals surface area contributed by atoms with Crippen LogP contribution in [0.5, 0.6) is 5.75 Å². The third-order valence-corrected chi connectivity index (χ3v) is 5.23. The first-order chi connectivity index (χ1) is 14.5. The minimum absolute atomic E-state index is 0.175. The Morgan fingerprint density at radius 2 is 1.87 bits per heavy atom. The second kappa shape index (κ2) is 8.41. The number of carboxylic acid groups (broad SMARTS) is 1. The molecule has 7 nitrogen and oxygen atoms in total. The largest absolute Gasteiger partial charge is 0.484 e. The average molecular weight is 407 g/mol. The van der Waals surface area contributed by atoms with Gasteiger partial charge in [-0.25, -0.2) is 9.59 Å². The van der Waals surface area contributed by atoms with Gasteiger partial charge in [0.1, 0.15) is 17.4 Å². The number of carbonyl (C=O) groups is 2. The SMILES string of the molecule is O=C(COc1ccc2c3c(c(=O)oc2c1)CCC3)N[C@H](Cc1ccccc1)C(=O)O. The van der Waals surface area contributed by atoms with Gasteiger partial charge >= 0.3 is 11.6 Å². The Morgan fingerprint density at radius 1 is 1.10 bits per heavy atom. The van der Waals surface area contributed by atoms with Crippen LogP contribution < -0.4 is 15.7 Å². The fourth-order valence-electron chi connectivity index (χ4n) is 3.79. The zero-order valence-electron chi connectivity index (χ0n) is 16.2. The molecule has 1 amide bonds. The third kappa shape index (κ3) is 4.20. The Hall–Kier alpha value is -3.61. The molecule has 0 bridgehead atoms. The lowest BCUT2D eigenvalue weighted by molar-refractivity contribution is -0.142. The van der Waals surface area contributed by atoms with Crippen LogP contribution in [0.3, 0.4) is 0 Å². The number of hydrogen-bond acceptors (Lipinski definition) is 5. The van der Waals surface area contributed by atoms with Gasteiger partial charge in [-0.3, -0.25) is 4.79 Å². The number of hydrogen-bond donors (Lipinski definition) is 2. The topological polar surface area (TPSA) is 106 Å². The molecule has 30 heavy (non-hydrogen) atoms. The minimum Gasteiger partial charge on any atom is -0.484 e. The monoisotopic (exact) mass is 407 g/mol. The number of rotatable bonds is 7. The molecule has 0 saturated heterocycles. The Bertz CT molecular complexity index is 1150. The number of amides is 1. The van der Waals surface area contributed by atoms with Crippen LogP contribution in [0.4, 0.5) is 0 Å². The van der Waals surface area contributed by atoms with Crippen LogP contribution in [0, 0.1) is 0 Å². The van der Waals surface area contributed by atoms with Gasteiger partial charge in [-0.1, -0.05) is 30.3 Å². The molecule has 154 valence electrons. The second-order valence-corrected chi connectivity index (χ2v) is 7.29. The number of aryl methyl sites for hydroxylation is 1. The number of aliphatic carboxylic acids is 1. The van der Waals surface area contributed by atoms with E-state index in [1.54, 1.807) is 24.3 Å². The Balaban J connectivity index is 1.41. The molecule has 0 radical (unpaired) electrons. The number of ether oxygens (including phenoxy) is 1. The van der Waals surface area contributed by atoms with Crippen LogP contribution in [0.25, 0.3) is 11.0 Å². The number of fused-ring (bicyclic) bond motifs is 3. The summed E-state index contributed by atoms with van der Waals surface area (Å²) in [4.78, 5) is 35.8. The molecule has 1 aliphatic rings. The third-order valence-electron chi connectivity index (χ3n) is 5.23. The molecule has 3 aromatic rings. The standard InChI is InChI=1S/C23H21NO6/c25-21(24-19(22(26)27)11-14-5-2-1-3-6-14)13-29-15-9-10-17-16-7-4-8-18(16)23(28)30-20(17)12-15/h1-3,5-6,9-10,12,19H,4,7-8,11,13H2,(H,24,25)(H,26,27)/t19-/m1/s1. The number of nitrogens with one attached hydrogen (secondary N) is 1. The van der Waals surface area contributed by atoms with Gasteiger partial charge in [-0.2, -0.15) is 0 Å². The van der Waals surface area contributed by atoms with E-state index in [-0.39, 0.29) is 18.7 Å². The van der Waals surface area contributed by atoms with Crippen molar-refractivity contribution in [3.63, 3.8) is 0 Å². The molecule has 1 atom stereocenters. The summed E-state index contributed by atoms with van der Waals surface area (Å²) in [6, 6.07) is 13.1. The van der Waals surface area contributed by atoms with Crippen molar-refractivity contribution in [2.45, 2.75) is 31.7 Å². The van der Waals surface area contributed by atoms with E-state index in [9.17, 15) is 19.5 Å². The fourth-order valence-corrected chi connectivity index (χ4v) is 3.79. The zero-order valence-corrected chi connectivity index (χ0v) is 16.2. The highest BCUT2D eigenvalue weighted by molar-refractivity contribution is 5.85. The second-order valence-electron chi connectivity index (χ2n) is 7.29. The zero-order chi connectivity index (χ0) is 21.1. The smallest absolute Gasteiger partial charge is 0.339 e. The predicted molar refractivity (Wildman–Crippen MR) is 110 cm³/mol. The molecule has 4 rings (SSSR count). The molecule has 2 aromatic carbocycles. The summed E-state index contributed by atoms with van der Waals surface area (Å²) in [5.74, 6) is -1.30. The van der Waals surface area contributed by atoms with Crippen molar-refractivity contribution in [1.29, 1.82) is 0 Å². The molecule has 0 unspecified atom stereocenters. The van der Waals surface area contributed by atoms with E-state index in [0.717, 1.165) is 41.3 Å². The lowest BCUT2D eigenvalue weighted by Crippen LogP contribution is -2.44.